The molecule has 0 bridgehead atoms. The van der Waals surface area contributed by atoms with Gasteiger partial charge in [0.05, 0.1) is 23.0 Å². The van der Waals surface area contributed by atoms with Gasteiger partial charge in [-0.05, 0) is 48.5 Å². The van der Waals surface area contributed by atoms with Crippen LogP contribution in [0.15, 0.2) is 77.0 Å². The van der Waals surface area contributed by atoms with Crippen LogP contribution in [0, 0.1) is 0 Å². The molecule has 8 heteroatoms. The Balaban J connectivity index is 1.69. The molecule has 0 atom stereocenters. The van der Waals surface area contributed by atoms with Gasteiger partial charge in [-0.15, -0.1) is 0 Å². The highest BCUT2D eigenvalue weighted by Crippen LogP contribution is 2.32. The van der Waals surface area contributed by atoms with Crippen LogP contribution in [0.4, 0.5) is 18.9 Å². The van der Waals surface area contributed by atoms with Crippen molar-refractivity contribution >= 4 is 23.4 Å². The van der Waals surface area contributed by atoms with Crippen molar-refractivity contribution < 1.29 is 18.0 Å². The lowest BCUT2D eigenvalue weighted by Crippen LogP contribution is -2.26. The molecule has 0 aliphatic rings. The molecule has 0 spiro atoms. The number of alkyl halides is 3. The third-order valence-corrected chi connectivity index (χ3v) is 4.68. The minimum atomic E-state index is -4.36. The molecular formula is C19H14F3N3OS. The Morgan fingerprint density at radius 3 is 2.33 bits per heavy atom. The van der Waals surface area contributed by atoms with Crippen molar-refractivity contribution in [3.63, 3.8) is 0 Å². The third kappa shape index (κ3) is 4.65. The molecule has 0 N–H and O–H groups in total. The number of carbonyl (C=O) groups excluding carboxylic acids is 1. The third-order valence-electron chi connectivity index (χ3n) is 3.73. The first kappa shape index (κ1) is 18.9. The quantitative estimate of drug-likeness (QED) is 0.635. The smallest absolute Gasteiger partial charge is 0.310 e. The highest BCUT2D eigenvalue weighted by Gasteiger charge is 2.29. The number of anilines is 1. The summed E-state index contributed by atoms with van der Waals surface area (Å²) < 4.78 is 37.8. The SMILES string of the molecule is CN(C(=O)c1ccc(Sc2ccc(C(F)(F)F)cc2)nc1)c1cccnc1. The Morgan fingerprint density at radius 1 is 1.04 bits per heavy atom. The number of hydrogen-bond acceptors (Lipinski definition) is 4. The molecule has 0 saturated heterocycles. The number of amides is 1. The van der Waals surface area contributed by atoms with Gasteiger partial charge in [-0.2, -0.15) is 13.2 Å². The number of aromatic nitrogens is 2. The zero-order valence-electron chi connectivity index (χ0n) is 14.1. The van der Waals surface area contributed by atoms with Crippen molar-refractivity contribution in [3.8, 4) is 0 Å². The molecule has 4 nitrogen and oxygen atoms in total. The molecule has 1 amide bonds. The lowest BCUT2D eigenvalue weighted by atomic mass is 10.2. The van der Waals surface area contributed by atoms with E-state index in [1.807, 2.05) is 0 Å². The van der Waals surface area contributed by atoms with Gasteiger partial charge < -0.3 is 4.90 Å². The Hall–Kier alpha value is -2.87. The topological polar surface area (TPSA) is 46.1 Å². The molecule has 3 aromatic rings. The minimum Gasteiger partial charge on any atom is -0.310 e. The van der Waals surface area contributed by atoms with E-state index in [0.717, 1.165) is 12.1 Å². The van der Waals surface area contributed by atoms with E-state index in [1.165, 1.54) is 35.0 Å². The van der Waals surface area contributed by atoms with Crippen molar-refractivity contribution in [3.05, 3.63) is 78.2 Å². The van der Waals surface area contributed by atoms with Gasteiger partial charge in [-0.1, -0.05) is 11.8 Å². The molecule has 0 unspecified atom stereocenters. The molecule has 0 saturated carbocycles. The Labute approximate surface area is 158 Å². The van der Waals surface area contributed by atoms with Crippen LogP contribution in [0.2, 0.25) is 0 Å². The fraction of sp³-hybridized carbons (Fsp3) is 0.105. The number of pyridine rings is 2. The van der Waals surface area contributed by atoms with Crippen LogP contribution in [0.25, 0.3) is 0 Å². The average molecular weight is 389 g/mol. The van der Waals surface area contributed by atoms with Crippen LogP contribution in [0.3, 0.4) is 0 Å². The van der Waals surface area contributed by atoms with E-state index in [2.05, 4.69) is 9.97 Å². The molecule has 3 rings (SSSR count). The predicted octanol–water partition coefficient (Wildman–Crippen LogP) is 4.92. The van der Waals surface area contributed by atoms with E-state index in [1.54, 1.807) is 43.7 Å². The van der Waals surface area contributed by atoms with E-state index in [0.29, 0.717) is 21.2 Å². The van der Waals surface area contributed by atoms with Gasteiger partial charge in [0.25, 0.3) is 5.91 Å². The maximum absolute atomic E-state index is 12.6. The molecule has 2 heterocycles. The zero-order chi connectivity index (χ0) is 19.4. The van der Waals surface area contributed by atoms with E-state index in [4.69, 9.17) is 0 Å². The summed E-state index contributed by atoms with van der Waals surface area (Å²) in [7, 11) is 1.64. The highest BCUT2D eigenvalue weighted by molar-refractivity contribution is 7.99. The van der Waals surface area contributed by atoms with E-state index in [-0.39, 0.29) is 5.91 Å². The Bertz CT molecular complexity index is 914. The van der Waals surface area contributed by atoms with Gasteiger partial charge in [0, 0.05) is 24.3 Å². The largest absolute Gasteiger partial charge is 0.416 e. The number of hydrogen-bond donors (Lipinski definition) is 0. The van der Waals surface area contributed by atoms with Gasteiger partial charge in [-0.25, -0.2) is 4.98 Å². The van der Waals surface area contributed by atoms with Crippen molar-refractivity contribution in [2.24, 2.45) is 0 Å². The van der Waals surface area contributed by atoms with Crippen molar-refractivity contribution in [2.45, 2.75) is 16.1 Å². The molecule has 2 aromatic heterocycles. The van der Waals surface area contributed by atoms with E-state index < -0.39 is 11.7 Å². The van der Waals surface area contributed by atoms with Crippen LogP contribution < -0.4 is 4.90 Å². The van der Waals surface area contributed by atoms with Crippen molar-refractivity contribution in [2.75, 3.05) is 11.9 Å². The minimum absolute atomic E-state index is 0.235. The van der Waals surface area contributed by atoms with Gasteiger partial charge in [0.15, 0.2) is 0 Å². The average Bonchev–Trinajstić information content (AvgIpc) is 2.68. The fourth-order valence-electron chi connectivity index (χ4n) is 2.26. The molecule has 0 radical (unpaired) electrons. The van der Waals surface area contributed by atoms with Crippen molar-refractivity contribution in [1.29, 1.82) is 0 Å². The molecule has 1 aromatic carbocycles. The summed E-state index contributed by atoms with van der Waals surface area (Å²) in [5.74, 6) is -0.235. The molecule has 27 heavy (non-hydrogen) atoms. The summed E-state index contributed by atoms with van der Waals surface area (Å²) in [5.41, 5.74) is 0.364. The number of benzene rings is 1. The summed E-state index contributed by atoms with van der Waals surface area (Å²) in [6, 6.07) is 11.6. The van der Waals surface area contributed by atoms with Crippen LogP contribution in [0.5, 0.6) is 0 Å². The number of rotatable bonds is 4. The molecule has 0 aliphatic heterocycles. The molecule has 0 aliphatic carbocycles. The molecule has 0 fully saturated rings. The second kappa shape index (κ2) is 7.79. The molecule has 138 valence electrons. The number of carbonyl (C=O) groups is 1. The summed E-state index contributed by atoms with van der Waals surface area (Å²) in [6.07, 6.45) is 0.294. The second-order valence-electron chi connectivity index (χ2n) is 5.58. The Morgan fingerprint density at radius 2 is 1.78 bits per heavy atom. The lowest BCUT2D eigenvalue weighted by Gasteiger charge is -2.16. The van der Waals surface area contributed by atoms with Gasteiger partial charge >= 0.3 is 6.18 Å². The van der Waals surface area contributed by atoms with Crippen LogP contribution in [-0.2, 0) is 6.18 Å². The summed E-state index contributed by atoms with van der Waals surface area (Å²) >= 11 is 1.22. The van der Waals surface area contributed by atoms with E-state index in [9.17, 15) is 18.0 Å². The first-order valence-corrected chi connectivity index (χ1v) is 8.65. The standard InChI is InChI=1S/C19H14F3N3OS/c1-25(15-3-2-10-23-12-15)18(26)13-4-9-17(24-11-13)27-16-7-5-14(6-8-16)19(20,21)22/h2-12H,1H3. The van der Waals surface area contributed by atoms with Gasteiger partial charge in [-0.3, -0.25) is 9.78 Å². The Kier molecular flexibility index (Phi) is 5.46. The zero-order valence-corrected chi connectivity index (χ0v) is 15.0. The van der Waals surface area contributed by atoms with Crippen molar-refractivity contribution in [1.82, 2.24) is 9.97 Å². The second-order valence-corrected chi connectivity index (χ2v) is 6.68. The van der Waals surface area contributed by atoms with Crippen LogP contribution in [0.1, 0.15) is 15.9 Å². The first-order valence-electron chi connectivity index (χ1n) is 7.84. The van der Waals surface area contributed by atoms with E-state index >= 15 is 0 Å². The maximum Gasteiger partial charge on any atom is 0.416 e. The summed E-state index contributed by atoms with van der Waals surface area (Å²) in [5, 5.41) is 0.579. The highest BCUT2D eigenvalue weighted by atomic mass is 32.2. The summed E-state index contributed by atoms with van der Waals surface area (Å²) in [6.45, 7) is 0. The van der Waals surface area contributed by atoms with Gasteiger partial charge in [0.2, 0.25) is 0 Å². The number of halogens is 3. The van der Waals surface area contributed by atoms with Gasteiger partial charge in [0.1, 0.15) is 5.03 Å². The lowest BCUT2D eigenvalue weighted by molar-refractivity contribution is -0.137. The number of nitrogens with zero attached hydrogens (tertiary/aromatic N) is 3. The fourth-order valence-corrected chi connectivity index (χ4v) is 3.02. The normalized spacial score (nSPS) is 11.3. The summed E-state index contributed by atoms with van der Waals surface area (Å²) in [4.78, 5) is 22.8. The maximum atomic E-state index is 12.6. The monoisotopic (exact) mass is 389 g/mol. The predicted molar refractivity (Wildman–Crippen MR) is 96.8 cm³/mol. The molecular weight excluding hydrogens is 375 g/mol. The first-order chi connectivity index (χ1) is 12.8. The van der Waals surface area contributed by atoms with Crippen LogP contribution in [-0.4, -0.2) is 22.9 Å². The van der Waals surface area contributed by atoms with Crippen LogP contribution >= 0.6 is 11.8 Å².